The third-order valence-electron chi connectivity index (χ3n) is 2.10. The molecule has 0 saturated carbocycles. The smallest absolute Gasteiger partial charge is 0.243 e. The van der Waals surface area contributed by atoms with Crippen LogP contribution in [0.5, 0.6) is 11.5 Å². The average Bonchev–Trinajstić information content (AvgIpc) is 2.35. The number of ether oxygens (including phenoxy) is 2. The molecule has 0 saturated heterocycles. The van der Waals surface area contributed by atoms with Crippen molar-refractivity contribution in [2.75, 3.05) is 21.3 Å². The van der Waals surface area contributed by atoms with E-state index in [2.05, 4.69) is 5.32 Å². The van der Waals surface area contributed by atoms with E-state index < -0.39 is 0 Å². The van der Waals surface area contributed by atoms with Crippen molar-refractivity contribution in [3.8, 4) is 11.5 Å². The van der Waals surface area contributed by atoms with E-state index in [0.29, 0.717) is 11.5 Å². The number of nitrogens with one attached hydrogen (secondary N) is 1. The summed E-state index contributed by atoms with van der Waals surface area (Å²) in [7, 11) is 4.75. The number of likely N-dealkylation sites (N-methyl/N-ethyl adjacent to an activating group) is 1. The number of rotatable bonds is 4. The molecule has 1 aromatic carbocycles. The predicted octanol–water partition coefficient (Wildman–Crippen LogP) is 1.46. The molecule has 0 bridgehead atoms. The lowest BCUT2D eigenvalue weighted by Crippen LogP contribution is -2.13. The highest BCUT2D eigenvalue weighted by molar-refractivity contribution is 5.91. The Bertz CT molecular complexity index is 399. The number of methoxy groups -OCH3 is 2. The molecule has 86 valence electrons. The van der Waals surface area contributed by atoms with E-state index in [4.69, 9.17) is 9.47 Å². The van der Waals surface area contributed by atoms with Gasteiger partial charge in [0.2, 0.25) is 5.91 Å². The third kappa shape index (κ3) is 3.02. The van der Waals surface area contributed by atoms with E-state index in [1.165, 1.54) is 6.08 Å². The van der Waals surface area contributed by atoms with Crippen LogP contribution >= 0.6 is 0 Å². The summed E-state index contributed by atoms with van der Waals surface area (Å²) in [6, 6.07) is 5.41. The van der Waals surface area contributed by atoms with E-state index in [1.54, 1.807) is 33.4 Å². The van der Waals surface area contributed by atoms with E-state index in [9.17, 15) is 4.79 Å². The molecule has 0 heterocycles. The molecule has 4 heteroatoms. The zero-order valence-corrected chi connectivity index (χ0v) is 9.61. The Balaban J connectivity index is 2.95. The monoisotopic (exact) mass is 221 g/mol. The molecule has 0 aliphatic carbocycles. The van der Waals surface area contributed by atoms with Gasteiger partial charge in [-0.3, -0.25) is 4.79 Å². The van der Waals surface area contributed by atoms with Crippen LogP contribution in [0.2, 0.25) is 0 Å². The van der Waals surface area contributed by atoms with Gasteiger partial charge in [0.05, 0.1) is 14.2 Å². The van der Waals surface area contributed by atoms with Gasteiger partial charge >= 0.3 is 0 Å². The van der Waals surface area contributed by atoms with Gasteiger partial charge in [-0.05, 0) is 18.2 Å². The van der Waals surface area contributed by atoms with Crippen LogP contribution in [-0.4, -0.2) is 27.2 Å². The normalized spacial score (nSPS) is 10.2. The fourth-order valence-electron chi connectivity index (χ4n) is 1.20. The fourth-order valence-corrected chi connectivity index (χ4v) is 1.20. The molecule has 0 aromatic heterocycles. The molecule has 0 fully saturated rings. The lowest BCUT2D eigenvalue weighted by atomic mass is 10.1. The molecule has 0 aliphatic heterocycles. The number of hydrogen-bond acceptors (Lipinski definition) is 3. The molecule has 1 aromatic rings. The Morgan fingerprint density at radius 3 is 2.62 bits per heavy atom. The van der Waals surface area contributed by atoms with Crippen molar-refractivity contribution in [3.63, 3.8) is 0 Å². The van der Waals surface area contributed by atoms with E-state index in [0.717, 1.165) is 5.56 Å². The number of carbonyl (C=O) groups is 1. The van der Waals surface area contributed by atoms with Gasteiger partial charge in [-0.2, -0.15) is 0 Å². The minimum absolute atomic E-state index is 0.155. The van der Waals surface area contributed by atoms with Crippen LogP contribution in [0.15, 0.2) is 24.3 Å². The quantitative estimate of drug-likeness (QED) is 0.783. The molecule has 4 nitrogen and oxygen atoms in total. The first-order chi connectivity index (χ1) is 7.71. The summed E-state index contributed by atoms with van der Waals surface area (Å²) in [5.41, 5.74) is 0.826. The summed E-state index contributed by atoms with van der Waals surface area (Å²) >= 11 is 0. The molecule has 0 unspecified atom stereocenters. The van der Waals surface area contributed by atoms with Crippen LogP contribution in [0.4, 0.5) is 0 Å². The first kappa shape index (κ1) is 12.1. The topological polar surface area (TPSA) is 47.6 Å². The predicted molar refractivity (Wildman–Crippen MR) is 62.6 cm³/mol. The lowest BCUT2D eigenvalue weighted by molar-refractivity contribution is -0.115. The number of carbonyl (C=O) groups excluding carboxylic acids is 1. The summed E-state index contributed by atoms with van der Waals surface area (Å²) in [4.78, 5) is 11.0. The molecular weight excluding hydrogens is 206 g/mol. The Morgan fingerprint density at radius 1 is 1.31 bits per heavy atom. The molecule has 0 radical (unpaired) electrons. The molecule has 1 N–H and O–H groups in total. The van der Waals surface area contributed by atoms with Crippen molar-refractivity contribution in [2.24, 2.45) is 0 Å². The number of benzene rings is 1. The second kappa shape index (κ2) is 5.80. The van der Waals surface area contributed by atoms with Gasteiger partial charge < -0.3 is 14.8 Å². The number of amides is 1. The summed E-state index contributed by atoms with van der Waals surface area (Å²) in [6.45, 7) is 0. The molecule has 1 amide bonds. The van der Waals surface area contributed by atoms with Gasteiger partial charge in [0.25, 0.3) is 0 Å². The van der Waals surface area contributed by atoms with Crippen LogP contribution in [0, 0.1) is 0 Å². The standard InChI is InChI=1S/C12H15NO3/c1-13-12(14)7-5-9-4-6-10(15-2)8-11(9)16-3/h4-8H,1-3H3,(H,13,14)/b7-5+. The summed E-state index contributed by atoms with van der Waals surface area (Å²) < 4.78 is 10.3. The van der Waals surface area contributed by atoms with Crippen molar-refractivity contribution in [2.45, 2.75) is 0 Å². The largest absolute Gasteiger partial charge is 0.497 e. The first-order valence-corrected chi connectivity index (χ1v) is 4.83. The third-order valence-corrected chi connectivity index (χ3v) is 2.10. The maximum absolute atomic E-state index is 11.0. The minimum Gasteiger partial charge on any atom is -0.497 e. The maximum atomic E-state index is 11.0. The Morgan fingerprint density at radius 2 is 2.06 bits per heavy atom. The zero-order chi connectivity index (χ0) is 12.0. The maximum Gasteiger partial charge on any atom is 0.243 e. The van der Waals surface area contributed by atoms with Gasteiger partial charge in [-0.25, -0.2) is 0 Å². The van der Waals surface area contributed by atoms with E-state index in [-0.39, 0.29) is 5.91 Å². The molecule has 0 aliphatic rings. The highest BCUT2D eigenvalue weighted by atomic mass is 16.5. The fraction of sp³-hybridized carbons (Fsp3) is 0.250. The highest BCUT2D eigenvalue weighted by Gasteiger charge is 2.02. The summed E-state index contributed by atoms with van der Waals surface area (Å²) in [5.74, 6) is 1.23. The van der Waals surface area contributed by atoms with Gasteiger partial charge in [0, 0.05) is 24.8 Å². The average molecular weight is 221 g/mol. The van der Waals surface area contributed by atoms with Gasteiger partial charge in [0.15, 0.2) is 0 Å². The SMILES string of the molecule is CNC(=O)/C=C/c1ccc(OC)cc1OC. The first-order valence-electron chi connectivity index (χ1n) is 4.83. The van der Waals surface area contributed by atoms with Crippen molar-refractivity contribution in [3.05, 3.63) is 29.8 Å². The Hall–Kier alpha value is -1.97. The molecule has 1 rings (SSSR count). The lowest BCUT2D eigenvalue weighted by Gasteiger charge is -2.07. The van der Waals surface area contributed by atoms with E-state index in [1.807, 2.05) is 12.1 Å². The van der Waals surface area contributed by atoms with Crippen molar-refractivity contribution >= 4 is 12.0 Å². The summed E-state index contributed by atoms with van der Waals surface area (Å²) in [5, 5.41) is 2.50. The minimum atomic E-state index is -0.155. The van der Waals surface area contributed by atoms with Crippen molar-refractivity contribution in [1.82, 2.24) is 5.32 Å². The number of hydrogen-bond donors (Lipinski definition) is 1. The Labute approximate surface area is 94.9 Å². The zero-order valence-electron chi connectivity index (χ0n) is 9.61. The van der Waals surface area contributed by atoms with Gasteiger partial charge in [-0.15, -0.1) is 0 Å². The second-order valence-electron chi connectivity index (χ2n) is 3.06. The molecule has 16 heavy (non-hydrogen) atoms. The van der Waals surface area contributed by atoms with Crippen LogP contribution in [0.1, 0.15) is 5.56 Å². The van der Waals surface area contributed by atoms with Crippen LogP contribution < -0.4 is 14.8 Å². The van der Waals surface area contributed by atoms with Gasteiger partial charge in [0.1, 0.15) is 11.5 Å². The van der Waals surface area contributed by atoms with Crippen molar-refractivity contribution in [1.29, 1.82) is 0 Å². The second-order valence-corrected chi connectivity index (χ2v) is 3.06. The van der Waals surface area contributed by atoms with Crippen LogP contribution in [0.3, 0.4) is 0 Å². The molecule has 0 spiro atoms. The molecule has 0 atom stereocenters. The van der Waals surface area contributed by atoms with Crippen LogP contribution in [0.25, 0.3) is 6.08 Å². The van der Waals surface area contributed by atoms with Crippen molar-refractivity contribution < 1.29 is 14.3 Å². The Kier molecular flexibility index (Phi) is 4.39. The highest BCUT2D eigenvalue weighted by Crippen LogP contribution is 2.25. The van der Waals surface area contributed by atoms with Gasteiger partial charge in [-0.1, -0.05) is 0 Å². The van der Waals surface area contributed by atoms with E-state index >= 15 is 0 Å². The summed E-state index contributed by atoms with van der Waals surface area (Å²) in [6.07, 6.45) is 3.14. The molecular formula is C12H15NO3. The van der Waals surface area contributed by atoms with Crippen LogP contribution in [-0.2, 0) is 4.79 Å².